The highest BCUT2D eigenvalue weighted by Crippen LogP contribution is 2.52. The Balaban J connectivity index is 1.96. The maximum atomic E-state index is 13.5. The molecule has 140 valence electrons. The van der Waals surface area contributed by atoms with Gasteiger partial charge in [0.15, 0.2) is 11.5 Å². The second kappa shape index (κ2) is 8.65. The second-order valence-corrected chi connectivity index (χ2v) is 7.30. The average Bonchev–Trinajstić information content (AvgIpc) is 2.66. The van der Waals surface area contributed by atoms with E-state index in [1.807, 2.05) is 25.1 Å². The zero-order chi connectivity index (χ0) is 19.1. The molecule has 0 saturated carbocycles. The first-order valence-corrected chi connectivity index (χ1v) is 10.2. The Morgan fingerprint density at radius 3 is 1.85 bits per heavy atom. The molecule has 0 atom stereocenters. The number of phenols is 1. The first-order valence-electron chi connectivity index (χ1n) is 8.69. The minimum absolute atomic E-state index is 0.106. The molecule has 0 aliphatic heterocycles. The number of aryl methyl sites for hydroxylation is 1. The van der Waals surface area contributed by atoms with Crippen LogP contribution in [0.5, 0.6) is 23.0 Å². The van der Waals surface area contributed by atoms with Gasteiger partial charge in [0.05, 0.1) is 0 Å². The molecule has 3 aromatic carbocycles. The van der Waals surface area contributed by atoms with E-state index in [1.165, 1.54) is 6.07 Å². The van der Waals surface area contributed by atoms with Crippen LogP contribution in [0.1, 0.15) is 18.9 Å². The normalized spacial score (nSPS) is 11.0. The van der Waals surface area contributed by atoms with E-state index >= 15 is 0 Å². The number of hydrogen-bond acceptors (Lipinski definition) is 5. The zero-order valence-corrected chi connectivity index (χ0v) is 15.8. The van der Waals surface area contributed by atoms with Crippen LogP contribution >= 0.6 is 7.82 Å². The molecule has 0 radical (unpaired) electrons. The van der Waals surface area contributed by atoms with Crippen LogP contribution in [-0.4, -0.2) is 5.11 Å². The molecular formula is C21H21O5P. The minimum atomic E-state index is -4.12. The minimum Gasteiger partial charge on any atom is -0.504 e. The Morgan fingerprint density at radius 2 is 1.33 bits per heavy atom. The average molecular weight is 384 g/mol. The maximum absolute atomic E-state index is 13.5. The van der Waals surface area contributed by atoms with E-state index in [1.54, 1.807) is 54.6 Å². The van der Waals surface area contributed by atoms with E-state index in [0.717, 1.165) is 12.0 Å². The third kappa shape index (κ3) is 5.05. The number of phosphoric ester groups is 1. The summed E-state index contributed by atoms with van der Waals surface area (Å²) in [6, 6.07) is 22.3. The Labute approximate surface area is 158 Å². The van der Waals surface area contributed by atoms with Crippen LogP contribution in [0.3, 0.4) is 0 Å². The van der Waals surface area contributed by atoms with E-state index in [0.29, 0.717) is 17.9 Å². The summed E-state index contributed by atoms with van der Waals surface area (Å²) in [6.07, 6.45) is 1.49. The molecule has 0 aromatic heterocycles. The van der Waals surface area contributed by atoms with Crippen molar-refractivity contribution in [3.63, 3.8) is 0 Å². The van der Waals surface area contributed by atoms with Crippen molar-refractivity contribution < 1.29 is 23.2 Å². The fraction of sp³-hybridized carbons (Fsp3) is 0.143. The van der Waals surface area contributed by atoms with Gasteiger partial charge in [-0.3, -0.25) is 0 Å². The van der Waals surface area contributed by atoms with Gasteiger partial charge in [0.2, 0.25) is 0 Å². The summed E-state index contributed by atoms with van der Waals surface area (Å²) in [5, 5.41) is 10.3. The molecule has 0 unspecified atom stereocenters. The molecule has 0 heterocycles. The lowest BCUT2D eigenvalue weighted by atomic mass is 10.1. The summed E-state index contributed by atoms with van der Waals surface area (Å²) in [5.41, 5.74) is 0.728. The van der Waals surface area contributed by atoms with Crippen molar-refractivity contribution in [2.24, 2.45) is 0 Å². The van der Waals surface area contributed by atoms with Gasteiger partial charge in [-0.1, -0.05) is 61.9 Å². The number of aromatic hydroxyl groups is 1. The number of phenolic OH excluding ortho intramolecular Hbond substituents is 1. The highest BCUT2D eigenvalue weighted by Gasteiger charge is 2.35. The first kappa shape index (κ1) is 18.9. The van der Waals surface area contributed by atoms with Crippen molar-refractivity contribution in [3.05, 3.63) is 84.4 Å². The maximum Gasteiger partial charge on any atom is 0.647 e. The third-order valence-electron chi connectivity index (χ3n) is 3.72. The van der Waals surface area contributed by atoms with Crippen molar-refractivity contribution in [3.8, 4) is 23.0 Å². The van der Waals surface area contributed by atoms with Gasteiger partial charge in [-0.05, 0) is 42.3 Å². The SMILES string of the molecule is CCCc1cccc(O)c1OP(=O)(Oc1ccccc1)Oc1ccccc1. The summed E-state index contributed by atoms with van der Waals surface area (Å²) in [4.78, 5) is 0. The van der Waals surface area contributed by atoms with Gasteiger partial charge in [-0.15, -0.1) is 0 Å². The van der Waals surface area contributed by atoms with Gasteiger partial charge in [-0.2, -0.15) is 4.57 Å². The van der Waals surface area contributed by atoms with Crippen molar-refractivity contribution in [2.45, 2.75) is 19.8 Å². The smallest absolute Gasteiger partial charge is 0.504 e. The lowest BCUT2D eigenvalue weighted by molar-refractivity contribution is 0.291. The summed E-state index contributed by atoms with van der Waals surface area (Å²) >= 11 is 0. The molecule has 0 aliphatic carbocycles. The van der Waals surface area contributed by atoms with E-state index in [9.17, 15) is 9.67 Å². The van der Waals surface area contributed by atoms with Gasteiger partial charge in [0.1, 0.15) is 11.5 Å². The monoisotopic (exact) mass is 384 g/mol. The Hall–Kier alpha value is -2.91. The lowest BCUT2D eigenvalue weighted by Gasteiger charge is -2.21. The first-order chi connectivity index (χ1) is 13.1. The van der Waals surface area contributed by atoms with Crippen LogP contribution in [0.4, 0.5) is 0 Å². The molecule has 0 fully saturated rings. The number of hydrogen-bond donors (Lipinski definition) is 1. The van der Waals surface area contributed by atoms with Gasteiger partial charge in [-0.25, -0.2) is 0 Å². The van der Waals surface area contributed by atoms with Gasteiger partial charge in [0.25, 0.3) is 0 Å². The quantitative estimate of drug-likeness (QED) is 0.483. The second-order valence-electron chi connectivity index (χ2n) is 5.86. The zero-order valence-electron chi connectivity index (χ0n) is 14.9. The Morgan fingerprint density at radius 1 is 0.778 bits per heavy atom. The summed E-state index contributed by atoms with van der Waals surface area (Å²) in [7, 11) is -4.12. The molecule has 27 heavy (non-hydrogen) atoms. The highest BCUT2D eigenvalue weighted by molar-refractivity contribution is 7.49. The van der Waals surface area contributed by atoms with E-state index in [2.05, 4.69) is 0 Å². The molecule has 0 aliphatic rings. The van der Waals surface area contributed by atoms with Crippen molar-refractivity contribution in [1.29, 1.82) is 0 Å². The summed E-state index contributed by atoms with van der Waals surface area (Å²) < 4.78 is 30.3. The number of rotatable bonds is 8. The van der Waals surface area contributed by atoms with Gasteiger partial charge < -0.3 is 18.7 Å². The molecule has 1 N–H and O–H groups in total. The largest absolute Gasteiger partial charge is 0.647 e. The molecule has 0 saturated heterocycles. The molecule has 6 heteroatoms. The van der Waals surface area contributed by atoms with Crippen LogP contribution in [0.2, 0.25) is 0 Å². The number of benzene rings is 3. The van der Waals surface area contributed by atoms with Crippen molar-refractivity contribution >= 4 is 7.82 Å². The van der Waals surface area contributed by atoms with Crippen LogP contribution in [0, 0.1) is 0 Å². The van der Waals surface area contributed by atoms with E-state index in [-0.39, 0.29) is 11.5 Å². The number of para-hydroxylation sites is 3. The molecule has 3 aromatic rings. The fourth-order valence-electron chi connectivity index (χ4n) is 2.53. The highest BCUT2D eigenvalue weighted by atomic mass is 31.2. The van der Waals surface area contributed by atoms with E-state index < -0.39 is 7.82 Å². The topological polar surface area (TPSA) is 65.0 Å². The summed E-state index contributed by atoms with van der Waals surface area (Å²) in [6.45, 7) is 2.01. The molecule has 3 rings (SSSR count). The van der Waals surface area contributed by atoms with Crippen LogP contribution < -0.4 is 13.6 Å². The van der Waals surface area contributed by atoms with E-state index in [4.69, 9.17) is 13.6 Å². The van der Waals surface area contributed by atoms with Crippen LogP contribution in [0.15, 0.2) is 78.9 Å². The fourth-order valence-corrected chi connectivity index (χ4v) is 3.84. The Bertz CT molecular complexity index is 867. The number of phosphoric acid groups is 1. The standard InChI is InChI=1S/C21H21O5P/c1-2-10-17-11-9-16-20(22)21(17)26-27(23,24-18-12-5-3-6-13-18)25-19-14-7-4-8-15-19/h3-9,11-16,22H,2,10H2,1H3. The predicted molar refractivity (Wildman–Crippen MR) is 104 cm³/mol. The van der Waals surface area contributed by atoms with Crippen LogP contribution in [0.25, 0.3) is 0 Å². The molecule has 0 amide bonds. The molecule has 5 nitrogen and oxygen atoms in total. The third-order valence-corrected chi connectivity index (χ3v) is 4.99. The Kier molecular flexibility index (Phi) is 6.05. The molecular weight excluding hydrogens is 363 g/mol. The van der Waals surface area contributed by atoms with Gasteiger partial charge in [0, 0.05) is 0 Å². The summed E-state index contributed by atoms with van der Waals surface area (Å²) in [5.74, 6) is 0.664. The molecule has 0 bridgehead atoms. The van der Waals surface area contributed by atoms with Crippen LogP contribution in [-0.2, 0) is 11.0 Å². The van der Waals surface area contributed by atoms with Crippen molar-refractivity contribution in [2.75, 3.05) is 0 Å². The molecule has 0 spiro atoms. The van der Waals surface area contributed by atoms with Gasteiger partial charge >= 0.3 is 7.82 Å². The lowest BCUT2D eigenvalue weighted by Crippen LogP contribution is -2.08. The predicted octanol–water partition coefficient (Wildman–Crippen LogP) is 5.99. The van der Waals surface area contributed by atoms with Crippen molar-refractivity contribution in [1.82, 2.24) is 0 Å².